The number of rotatable bonds is 4. The van der Waals surface area contributed by atoms with Crippen LogP contribution in [0, 0.1) is 6.92 Å². The van der Waals surface area contributed by atoms with Crippen LogP contribution in [0.3, 0.4) is 0 Å². The van der Waals surface area contributed by atoms with Crippen LogP contribution in [0.1, 0.15) is 17.0 Å². The van der Waals surface area contributed by atoms with Gasteiger partial charge in [-0.05, 0) is 42.8 Å². The quantitative estimate of drug-likeness (QED) is 0.836. The molecular formula is C16H17NO2. The Morgan fingerprint density at radius 2 is 1.63 bits per heavy atom. The van der Waals surface area contributed by atoms with Crippen molar-refractivity contribution in [2.45, 2.75) is 6.92 Å². The second-order valence-electron chi connectivity index (χ2n) is 4.18. The number of hydrogen-bond donors (Lipinski definition) is 0. The minimum Gasteiger partial charge on any atom is -0.497 e. The number of pyridine rings is 1. The van der Waals surface area contributed by atoms with E-state index in [0.717, 1.165) is 28.5 Å². The molecule has 0 unspecified atom stereocenters. The van der Waals surface area contributed by atoms with E-state index in [0.29, 0.717) is 0 Å². The van der Waals surface area contributed by atoms with Gasteiger partial charge in [0.2, 0.25) is 0 Å². The summed E-state index contributed by atoms with van der Waals surface area (Å²) < 4.78 is 10.5. The van der Waals surface area contributed by atoms with E-state index in [1.807, 2.05) is 55.5 Å². The summed E-state index contributed by atoms with van der Waals surface area (Å²) in [6, 6.07) is 11.7. The molecule has 0 amide bonds. The second-order valence-corrected chi connectivity index (χ2v) is 4.18. The predicted octanol–water partition coefficient (Wildman–Crippen LogP) is 3.58. The highest BCUT2D eigenvalue weighted by Crippen LogP contribution is 2.23. The Bertz CT molecular complexity index is 569. The molecule has 0 N–H and O–H groups in total. The topological polar surface area (TPSA) is 31.4 Å². The molecule has 1 aromatic carbocycles. The maximum atomic E-state index is 5.24. The SMILES string of the molecule is COc1cc(C=Cc2cccc(C)n2)cc(OC)c1. The predicted molar refractivity (Wildman–Crippen MR) is 77.4 cm³/mol. The first-order valence-corrected chi connectivity index (χ1v) is 6.06. The normalized spacial score (nSPS) is 10.7. The lowest BCUT2D eigenvalue weighted by molar-refractivity contribution is 0.394. The number of ether oxygens (including phenoxy) is 2. The molecule has 0 saturated heterocycles. The highest BCUT2D eigenvalue weighted by atomic mass is 16.5. The van der Waals surface area contributed by atoms with Crippen molar-refractivity contribution < 1.29 is 9.47 Å². The van der Waals surface area contributed by atoms with Crippen LogP contribution in [0.15, 0.2) is 36.4 Å². The molecule has 3 nitrogen and oxygen atoms in total. The third-order valence-electron chi connectivity index (χ3n) is 2.73. The maximum Gasteiger partial charge on any atom is 0.123 e. The molecule has 0 atom stereocenters. The van der Waals surface area contributed by atoms with Crippen molar-refractivity contribution in [2.75, 3.05) is 14.2 Å². The monoisotopic (exact) mass is 255 g/mol. The Balaban J connectivity index is 2.27. The van der Waals surface area contributed by atoms with E-state index < -0.39 is 0 Å². The van der Waals surface area contributed by atoms with Crippen molar-refractivity contribution in [1.29, 1.82) is 0 Å². The molecule has 0 fully saturated rings. The Morgan fingerprint density at radius 1 is 0.947 bits per heavy atom. The Hall–Kier alpha value is -2.29. The van der Waals surface area contributed by atoms with E-state index in [9.17, 15) is 0 Å². The van der Waals surface area contributed by atoms with E-state index in [1.54, 1.807) is 14.2 Å². The Kier molecular flexibility index (Phi) is 4.18. The fourth-order valence-electron chi connectivity index (χ4n) is 1.76. The van der Waals surface area contributed by atoms with Gasteiger partial charge in [0.05, 0.1) is 19.9 Å². The molecule has 0 aliphatic carbocycles. The third kappa shape index (κ3) is 3.58. The van der Waals surface area contributed by atoms with Crippen LogP contribution in [0.25, 0.3) is 12.2 Å². The maximum absolute atomic E-state index is 5.24. The molecule has 0 spiro atoms. The highest BCUT2D eigenvalue weighted by molar-refractivity contribution is 5.69. The molecule has 98 valence electrons. The Labute approximate surface area is 113 Å². The van der Waals surface area contributed by atoms with Crippen molar-refractivity contribution in [1.82, 2.24) is 4.98 Å². The molecule has 0 radical (unpaired) electrons. The first kappa shape index (κ1) is 13.1. The van der Waals surface area contributed by atoms with Gasteiger partial charge >= 0.3 is 0 Å². The zero-order valence-electron chi connectivity index (χ0n) is 11.4. The van der Waals surface area contributed by atoms with Crippen molar-refractivity contribution in [3.63, 3.8) is 0 Å². The van der Waals surface area contributed by atoms with Crippen LogP contribution in [-0.4, -0.2) is 19.2 Å². The van der Waals surface area contributed by atoms with Crippen molar-refractivity contribution >= 4 is 12.2 Å². The van der Waals surface area contributed by atoms with Gasteiger partial charge in [-0.1, -0.05) is 12.1 Å². The van der Waals surface area contributed by atoms with Gasteiger partial charge in [0, 0.05) is 11.8 Å². The molecule has 0 saturated carbocycles. The van der Waals surface area contributed by atoms with Crippen LogP contribution < -0.4 is 9.47 Å². The molecule has 1 aromatic heterocycles. The highest BCUT2D eigenvalue weighted by Gasteiger charge is 1.99. The summed E-state index contributed by atoms with van der Waals surface area (Å²) in [6.07, 6.45) is 3.97. The second kappa shape index (κ2) is 6.05. The summed E-state index contributed by atoms with van der Waals surface area (Å²) in [5.41, 5.74) is 2.95. The van der Waals surface area contributed by atoms with Crippen LogP contribution in [0.4, 0.5) is 0 Å². The molecule has 2 aromatic rings. The molecule has 2 rings (SSSR count). The van der Waals surface area contributed by atoms with Crippen molar-refractivity contribution in [3.05, 3.63) is 53.3 Å². The number of aryl methyl sites for hydroxylation is 1. The van der Waals surface area contributed by atoms with Gasteiger partial charge in [-0.3, -0.25) is 4.98 Å². The lowest BCUT2D eigenvalue weighted by atomic mass is 10.1. The van der Waals surface area contributed by atoms with Gasteiger partial charge in [0.25, 0.3) is 0 Å². The van der Waals surface area contributed by atoms with Crippen molar-refractivity contribution in [2.24, 2.45) is 0 Å². The van der Waals surface area contributed by atoms with Gasteiger partial charge < -0.3 is 9.47 Å². The summed E-state index contributed by atoms with van der Waals surface area (Å²) in [7, 11) is 3.29. The van der Waals surface area contributed by atoms with E-state index in [1.165, 1.54) is 0 Å². The lowest BCUT2D eigenvalue weighted by Crippen LogP contribution is -1.88. The standard InChI is InChI=1S/C16H17NO2/c1-12-5-4-6-14(17-12)8-7-13-9-15(18-2)11-16(10-13)19-3/h4-11H,1-3H3. The fraction of sp³-hybridized carbons (Fsp3) is 0.188. The fourth-order valence-corrected chi connectivity index (χ4v) is 1.76. The Morgan fingerprint density at radius 3 is 2.21 bits per heavy atom. The smallest absolute Gasteiger partial charge is 0.123 e. The molecule has 0 bridgehead atoms. The lowest BCUT2D eigenvalue weighted by Gasteiger charge is -2.05. The minimum atomic E-state index is 0.774. The summed E-state index contributed by atoms with van der Waals surface area (Å²) in [5.74, 6) is 1.55. The van der Waals surface area contributed by atoms with Crippen LogP contribution in [0.2, 0.25) is 0 Å². The number of aromatic nitrogens is 1. The first-order valence-electron chi connectivity index (χ1n) is 6.06. The number of benzene rings is 1. The number of methoxy groups -OCH3 is 2. The van der Waals surface area contributed by atoms with Crippen LogP contribution in [0.5, 0.6) is 11.5 Å². The van der Waals surface area contributed by atoms with E-state index in [2.05, 4.69) is 4.98 Å². The molecule has 19 heavy (non-hydrogen) atoms. The van der Waals surface area contributed by atoms with E-state index >= 15 is 0 Å². The number of nitrogens with zero attached hydrogens (tertiary/aromatic N) is 1. The van der Waals surface area contributed by atoms with E-state index in [4.69, 9.17) is 9.47 Å². The zero-order valence-corrected chi connectivity index (χ0v) is 11.4. The van der Waals surface area contributed by atoms with Crippen molar-refractivity contribution in [3.8, 4) is 11.5 Å². The van der Waals surface area contributed by atoms with Gasteiger partial charge in [-0.25, -0.2) is 0 Å². The van der Waals surface area contributed by atoms with E-state index in [-0.39, 0.29) is 0 Å². The average molecular weight is 255 g/mol. The van der Waals surface area contributed by atoms with Gasteiger partial charge in [-0.15, -0.1) is 0 Å². The molecule has 0 aliphatic heterocycles. The van der Waals surface area contributed by atoms with Gasteiger partial charge in [-0.2, -0.15) is 0 Å². The minimum absolute atomic E-state index is 0.774. The summed E-state index contributed by atoms with van der Waals surface area (Å²) in [5, 5.41) is 0. The summed E-state index contributed by atoms with van der Waals surface area (Å²) in [6.45, 7) is 1.98. The molecule has 0 aliphatic rings. The zero-order chi connectivity index (χ0) is 13.7. The summed E-state index contributed by atoms with van der Waals surface area (Å²) >= 11 is 0. The molecule has 1 heterocycles. The van der Waals surface area contributed by atoms with Crippen LogP contribution in [-0.2, 0) is 0 Å². The number of hydrogen-bond acceptors (Lipinski definition) is 3. The van der Waals surface area contributed by atoms with Crippen LogP contribution >= 0.6 is 0 Å². The van der Waals surface area contributed by atoms with Gasteiger partial charge in [0.1, 0.15) is 11.5 Å². The average Bonchev–Trinajstić information content (AvgIpc) is 2.44. The third-order valence-corrected chi connectivity index (χ3v) is 2.73. The largest absolute Gasteiger partial charge is 0.497 e. The summed E-state index contributed by atoms with van der Waals surface area (Å²) in [4.78, 5) is 4.42. The molecular weight excluding hydrogens is 238 g/mol. The molecule has 3 heteroatoms. The first-order chi connectivity index (χ1) is 9.21. The van der Waals surface area contributed by atoms with Gasteiger partial charge in [0.15, 0.2) is 0 Å².